The van der Waals surface area contributed by atoms with Gasteiger partial charge in [-0.3, -0.25) is 9.69 Å². The molecule has 0 saturated carbocycles. The molecule has 0 aromatic rings. The number of carbonyl (C=O) groups is 1. The Bertz CT molecular complexity index is 213. The number of hydrogen-bond acceptors (Lipinski definition) is 4. The lowest BCUT2D eigenvalue weighted by Gasteiger charge is -2.17. The van der Waals surface area contributed by atoms with E-state index >= 15 is 0 Å². The first kappa shape index (κ1) is 13.9. The van der Waals surface area contributed by atoms with Gasteiger partial charge < -0.3 is 9.84 Å². The molecule has 0 aromatic carbocycles. The zero-order valence-electron chi connectivity index (χ0n) is 9.11. The summed E-state index contributed by atoms with van der Waals surface area (Å²) in [7, 11) is 0. The van der Waals surface area contributed by atoms with Crippen molar-refractivity contribution in [1.29, 1.82) is 5.26 Å². The molecule has 5 nitrogen and oxygen atoms in total. The third kappa shape index (κ3) is 9.19. The minimum Gasteiger partial charge on any atom is -0.481 e. The van der Waals surface area contributed by atoms with E-state index in [1.54, 1.807) is 0 Å². The lowest BCUT2D eigenvalue weighted by Crippen LogP contribution is -2.28. The van der Waals surface area contributed by atoms with Crippen LogP contribution in [-0.2, 0) is 9.53 Å². The summed E-state index contributed by atoms with van der Waals surface area (Å²) in [5.74, 6) is -0.831. The second-order valence-electron chi connectivity index (χ2n) is 3.13. The molecule has 0 aromatic heterocycles. The summed E-state index contributed by atoms with van der Waals surface area (Å²) in [5, 5.41) is 17.0. The molecule has 15 heavy (non-hydrogen) atoms. The molecule has 0 rings (SSSR count). The van der Waals surface area contributed by atoms with Crippen molar-refractivity contribution in [2.24, 2.45) is 0 Å². The van der Waals surface area contributed by atoms with Gasteiger partial charge in [0, 0.05) is 26.3 Å². The zero-order chi connectivity index (χ0) is 11.5. The lowest BCUT2D eigenvalue weighted by molar-refractivity contribution is -0.137. The summed E-state index contributed by atoms with van der Waals surface area (Å²) in [6, 6.07) is 2.02. The minimum absolute atomic E-state index is 0.0797. The van der Waals surface area contributed by atoms with Crippen LogP contribution in [0.5, 0.6) is 0 Å². The largest absolute Gasteiger partial charge is 0.481 e. The number of hydrogen-bond donors (Lipinski definition) is 1. The molecule has 0 amide bonds. The lowest BCUT2D eigenvalue weighted by atomic mass is 10.3. The van der Waals surface area contributed by atoms with Crippen LogP contribution < -0.4 is 0 Å². The van der Waals surface area contributed by atoms with Crippen molar-refractivity contribution in [2.75, 3.05) is 32.8 Å². The molecule has 0 aliphatic rings. The molecular weight excluding hydrogens is 196 g/mol. The summed E-state index contributed by atoms with van der Waals surface area (Å²) in [5.41, 5.74) is 0. The Morgan fingerprint density at radius 2 is 2.27 bits per heavy atom. The maximum absolute atomic E-state index is 10.4. The monoisotopic (exact) mass is 214 g/mol. The molecule has 0 heterocycles. The van der Waals surface area contributed by atoms with Crippen LogP contribution in [-0.4, -0.2) is 48.8 Å². The van der Waals surface area contributed by atoms with Crippen LogP contribution in [0.25, 0.3) is 0 Å². The van der Waals surface area contributed by atoms with E-state index < -0.39 is 5.97 Å². The standard InChI is InChI=1S/C10H18N2O3/c1-2-15-9-3-6-12(8-5-11)7-4-10(13)14/h2-4,6-9H2,1H3,(H,13,14). The van der Waals surface area contributed by atoms with E-state index in [4.69, 9.17) is 15.1 Å². The second-order valence-corrected chi connectivity index (χ2v) is 3.13. The molecular formula is C10H18N2O3. The van der Waals surface area contributed by atoms with Crippen molar-refractivity contribution in [1.82, 2.24) is 4.90 Å². The van der Waals surface area contributed by atoms with Crippen molar-refractivity contribution >= 4 is 5.97 Å². The van der Waals surface area contributed by atoms with Gasteiger partial charge in [-0.05, 0) is 13.3 Å². The Morgan fingerprint density at radius 1 is 1.53 bits per heavy atom. The number of rotatable bonds is 9. The number of nitrogens with zero attached hydrogens (tertiary/aromatic N) is 2. The first-order chi connectivity index (χ1) is 7.20. The van der Waals surface area contributed by atoms with Gasteiger partial charge in [-0.1, -0.05) is 0 Å². The van der Waals surface area contributed by atoms with Gasteiger partial charge >= 0.3 is 5.97 Å². The van der Waals surface area contributed by atoms with Gasteiger partial charge in [-0.2, -0.15) is 5.26 Å². The van der Waals surface area contributed by atoms with Crippen LogP contribution >= 0.6 is 0 Å². The highest BCUT2D eigenvalue weighted by molar-refractivity contribution is 5.66. The molecule has 1 N–H and O–H groups in total. The number of carboxylic acids is 1. The van der Waals surface area contributed by atoms with Crippen molar-refractivity contribution in [3.63, 3.8) is 0 Å². The summed E-state index contributed by atoms with van der Waals surface area (Å²) >= 11 is 0. The second kappa shape index (κ2) is 9.44. The van der Waals surface area contributed by atoms with Crippen LogP contribution in [0.15, 0.2) is 0 Å². The SMILES string of the molecule is CCOCCCN(CC#N)CCC(=O)O. The highest BCUT2D eigenvalue weighted by Crippen LogP contribution is 1.94. The van der Waals surface area contributed by atoms with Gasteiger partial charge in [0.05, 0.1) is 19.0 Å². The Hall–Kier alpha value is -1.12. The topological polar surface area (TPSA) is 73.6 Å². The van der Waals surface area contributed by atoms with Crippen LogP contribution in [0.2, 0.25) is 0 Å². The van der Waals surface area contributed by atoms with Crippen LogP contribution in [0.3, 0.4) is 0 Å². The van der Waals surface area contributed by atoms with E-state index in [0.29, 0.717) is 26.3 Å². The summed E-state index contributed by atoms with van der Waals surface area (Å²) < 4.78 is 5.16. The van der Waals surface area contributed by atoms with Gasteiger partial charge in [0.1, 0.15) is 0 Å². The zero-order valence-corrected chi connectivity index (χ0v) is 9.11. The summed E-state index contributed by atoms with van der Waals surface area (Å²) in [6.45, 7) is 4.69. The van der Waals surface area contributed by atoms with Crippen LogP contribution in [0.4, 0.5) is 0 Å². The molecule has 0 atom stereocenters. The van der Waals surface area contributed by atoms with E-state index in [1.807, 2.05) is 17.9 Å². The van der Waals surface area contributed by atoms with E-state index in [0.717, 1.165) is 6.42 Å². The Balaban J connectivity index is 3.63. The number of carboxylic acid groups (broad SMARTS) is 1. The third-order valence-electron chi connectivity index (χ3n) is 1.90. The highest BCUT2D eigenvalue weighted by atomic mass is 16.5. The molecule has 0 bridgehead atoms. The van der Waals surface area contributed by atoms with Gasteiger partial charge in [0.2, 0.25) is 0 Å². The Labute approximate surface area is 90.2 Å². The van der Waals surface area contributed by atoms with E-state index in [2.05, 4.69) is 0 Å². The van der Waals surface area contributed by atoms with E-state index in [-0.39, 0.29) is 13.0 Å². The molecule has 86 valence electrons. The maximum Gasteiger partial charge on any atom is 0.304 e. The van der Waals surface area contributed by atoms with Crippen molar-refractivity contribution < 1.29 is 14.6 Å². The van der Waals surface area contributed by atoms with Crippen molar-refractivity contribution in [3.05, 3.63) is 0 Å². The predicted octanol–water partition coefficient (Wildman–Crippen LogP) is 0.713. The maximum atomic E-state index is 10.4. The molecule has 0 radical (unpaired) electrons. The fraction of sp³-hybridized carbons (Fsp3) is 0.800. The summed E-state index contributed by atoms with van der Waals surface area (Å²) in [4.78, 5) is 12.2. The quantitative estimate of drug-likeness (QED) is 0.452. The summed E-state index contributed by atoms with van der Waals surface area (Å²) in [6.07, 6.45) is 0.908. The average molecular weight is 214 g/mol. The van der Waals surface area contributed by atoms with Crippen LogP contribution in [0.1, 0.15) is 19.8 Å². The molecule has 0 aliphatic heterocycles. The van der Waals surface area contributed by atoms with Gasteiger partial charge in [-0.25, -0.2) is 0 Å². The average Bonchev–Trinajstić information content (AvgIpc) is 2.20. The normalized spacial score (nSPS) is 10.2. The predicted molar refractivity (Wildman–Crippen MR) is 55.4 cm³/mol. The molecule has 0 spiro atoms. The Morgan fingerprint density at radius 3 is 2.80 bits per heavy atom. The molecule has 5 heteroatoms. The molecule has 0 saturated heterocycles. The fourth-order valence-electron chi connectivity index (χ4n) is 1.16. The highest BCUT2D eigenvalue weighted by Gasteiger charge is 2.06. The van der Waals surface area contributed by atoms with Crippen molar-refractivity contribution in [2.45, 2.75) is 19.8 Å². The Kier molecular flexibility index (Phi) is 8.73. The minimum atomic E-state index is -0.831. The number of ether oxygens (including phenoxy) is 1. The van der Waals surface area contributed by atoms with E-state index in [9.17, 15) is 4.79 Å². The smallest absolute Gasteiger partial charge is 0.304 e. The third-order valence-corrected chi connectivity index (χ3v) is 1.90. The fourth-order valence-corrected chi connectivity index (χ4v) is 1.16. The van der Waals surface area contributed by atoms with Crippen molar-refractivity contribution in [3.8, 4) is 6.07 Å². The molecule has 0 fully saturated rings. The number of aliphatic carboxylic acids is 1. The molecule has 0 unspecified atom stereocenters. The van der Waals surface area contributed by atoms with E-state index in [1.165, 1.54) is 0 Å². The van der Waals surface area contributed by atoms with Gasteiger partial charge in [0.25, 0.3) is 0 Å². The first-order valence-corrected chi connectivity index (χ1v) is 5.09. The first-order valence-electron chi connectivity index (χ1n) is 5.09. The van der Waals surface area contributed by atoms with Gasteiger partial charge in [0.15, 0.2) is 0 Å². The number of nitriles is 1. The van der Waals surface area contributed by atoms with Crippen LogP contribution in [0, 0.1) is 11.3 Å². The van der Waals surface area contributed by atoms with Gasteiger partial charge in [-0.15, -0.1) is 0 Å². The molecule has 0 aliphatic carbocycles.